The molecule has 148 valence electrons. The first-order valence-electron chi connectivity index (χ1n) is 10.6. The summed E-state index contributed by atoms with van der Waals surface area (Å²) in [5.74, 6) is -0.501. The molecule has 0 aliphatic heterocycles. The van der Waals surface area contributed by atoms with Crippen LogP contribution in [0.3, 0.4) is 0 Å². The van der Waals surface area contributed by atoms with Crippen LogP contribution in [-0.4, -0.2) is 24.0 Å². The van der Waals surface area contributed by atoms with Gasteiger partial charge >= 0.3 is 5.97 Å². The standard InChI is InChI=1S/C21H41NO3/c1-22-20(23)18-16-14-12-10-8-6-4-2-3-5-7-9-11-13-15-17-19-21(24)25/h2-19H2,1H3,(H,22,23)(H,24,25). The highest BCUT2D eigenvalue weighted by atomic mass is 16.4. The van der Waals surface area contributed by atoms with Crippen molar-refractivity contribution in [2.24, 2.45) is 0 Å². The van der Waals surface area contributed by atoms with Gasteiger partial charge in [-0.05, 0) is 12.8 Å². The summed E-state index contributed by atoms with van der Waals surface area (Å²) in [4.78, 5) is 21.4. The van der Waals surface area contributed by atoms with Crippen LogP contribution in [0.4, 0.5) is 0 Å². The average Bonchev–Trinajstić information content (AvgIpc) is 2.60. The highest BCUT2D eigenvalue weighted by Crippen LogP contribution is 2.14. The lowest BCUT2D eigenvalue weighted by molar-refractivity contribution is -0.137. The highest BCUT2D eigenvalue weighted by molar-refractivity contribution is 5.75. The monoisotopic (exact) mass is 355 g/mol. The second-order valence-corrected chi connectivity index (χ2v) is 7.22. The molecule has 25 heavy (non-hydrogen) atoms. The first-order valence-corrected chi connectivity index (χ1v) is 10.6. The number of carbonyl (C=O) groups excluding carboxylic acids is 1. The van der Waals surface area contributed by atoms with E-state index in [1.165, 1.54) is 83.5 Å². The van der Waals surface area contributed by atoms with Crippen molar-refractivity contribution in [3.05, 3.63) is 0 Å². The van der Waals surface area contributed by atoms with E-state index in [-0.39, 0.29) is 5.91 Å². The zero-order valence-electron chi connectivity index (χ0n) is 16.5. The van der Waals surface area contributed by atoms with Crippen molar-refractivity contribution in [3.63, 3.8) is 0 Å². The van der Waals surface area contributed by atoms with Crippen molar-refractivity contribution in [2.45, 2.75) is 116 Å². The fourth-order valence-corrected chi connectivity index (χ4v) is 3.16. The third-order valence-corrected chi connectivity index (χ3v) is 4.82. The minimum atomic E-state index is -0.666. The molecule has 0 heterocycles. The van der Waals surface area contributed by atoms with Gasteiger partial charge in [0, 0.05) is 19.9 Å². The molecule has 2 N–H and O–H groups in total. The molecular weight excluding hydrogens is 314 g/mol. The molecule has 0 spiro atoms. The predicted molar refractivity (Wildman–Crippen MR) is 105 cm³/mol. The number of hydrogen-bond donors (Lipinski definition) is 2. The number of amides is 1. The van der Waals surface area contributed by atoms with Gasteiger partial charge in [-0.3, -0.25) is 9.59 Å². The molecule has 0 saturated carbocycles. The first kappa shape index (κ1) is 23.9. The number of unbranched alkanes of at least 4 members (excludes halogenated alkanes) is 15. The Morgan fingerprint density at radius 2 is 0.840 bits per heavy atom. The SMILES string of the molecule is CNC(=O)CCCCCCCCCCCCCCCCCCC(=O)O. The number of carboxylic acids is 1. The Hall–Kier alpha value is -1.06. The third-order valence-electron chi connectivity index (χ3n) is 4.82. The number of carboxylic acid groups (broad SMARTS) is 1. The fraction of sp³-hybridized carbons (Fsp3) is 0.905. The Bertz CT molecular complexity index is 318. The van der Waals surface area contributed by atoms with Crippen LogP contribution in [0, 0.1) is 0 Å². The van der Waals surface area contributed by atoms with Gasteiger partial charge in [0.25, 0.3) is 0 Å². The summed E-state index contributed by atoms with van der Waals surface area (Å²) >= 11 is 0. The quantitative estimate of drug-likeness (QED) is 0.286. The summed E-state index contributed by atoms with van der Waals surface area (Å²) in [6, 6.07) is 0. The lowest BCUT2D eigenvalue weighted by Gasteiger charge is -2.03. The van der Waals surface area contributed by atoms with Crippen molar-refractivity contribution < 1.29 is 14.7 Å². The van der Waals surface area contributed by atoms with E-state index in [1.807, 2.05) is 0 Å². The van der Waals surface area contributed by atoms with E-state index in [9.17, 15) is 9.59 Å². The average molecular weight is 356 g/mol. The topological polar surface area (TPSA) is 66.4 Å². The minimum absolute atomic E-state index is 0.165. The zero-order valence-corrected chi connectivity index (χ0v) is 16.5. The molecule has 0 aliphatic carbocycles. The zero-order chi connectivity index (χ0) is 18.6. The minimum Gasteiger partial charge on any atom is -0.481 e. The van der Waals surface area contributed by atoms with Gasteiger partial charge in [-0.2, -0.15) is 0 Å². The maximum atomic E-state index is 11.1. The van der Waals surface area contributed by atoms with Crippen molar-refractivity contribution >= 4 is 11.9 Å². The van der Waals surface area contributed by atoms with Crippen LogP contribution >= 0.6 is 0 Å². The van der Waals surface area contributed by atoms with Gasteiger partial charge in [-0.15, -0.1) is 0 Å². The molecule has 4 heteroatoms. The molecular formula is C21H41NO3. The van der Waals surface area contributed by atoms with E-state index in [2.05, 4.69) is 5.32 Å². The van der Waals surface area contributed by atoms with Gasteiger partial charge in [0.05, 0.1) is 0 Å². The van der Waals surface area contributed by atoms with E-state index in [0.29, 0.717) is 12.8 Å². The third kappa shape index (κ3) is 20.9. The lowest BCUT2D eigenvalue weighted by Crippen LogP contribution is -2.16. The second kappa shape index (κ2) is 19.3. The van der Waals surface area contributed by atoms with Crippen LogP contribution in [0.25, 0.3) is 0 Å². The van der Waals surface area contributed by atoms with Crippen molar-refractivity contribution in [1.82, 2.24) is 5.32 Å². The Labute approximate surface area is 155 Å². The number of nitrogens with one attached hydrogen (secondary N) is 1. The van der Waals surface area contributed by atoms with Crippen molar-refractivity contribution in [1.29, 1.82) is 0 Å². The molecule has 0 aromatic rings. The van der Waals surface area contributed by atoms with Crippen LogP contribution in [0.1, 0.15) is 116 Å². The van der Waals surface area contributed by atoms with E-state index in [1.54, 1.807) is 7.05 Å². The molecule has 1 amide bonds. The molecule has 0 saturated heterocycles. The van der Waals surface area contributed by atoms with Crippen LogP contribution in [-0.2, 0) is 9.59 Å². The van der Waals surface area contributed by atoms with E-state index >= 15 is 0 Å². The van der Waals surface area contributed by atoms with Crippen LogP contribution in [0.5, 0.6) is 0 Å². The molecule has 0 aromatic heterocycles. The van der Waals surface area contributed by atoms with Crippen molar-refractivity contribution in [2.75, 3.05) is 7.05 Å². The van der Waals surface area contributed by atoms with Gasteiger partial charge in [0.15, 0.2) is 0 Å². The van der Waals surface area contributed by atoms with Crippen LogP contribution < -0.4 is 5.32 Å². The normalized spacial score (nSPS) is 10.8. The predicted octanol–water partition coefficient (Wildman–Crippen LogP) is 5.84. The fourth-order valence-electron chi connectivity index (χ4n) is 3.16. The van der Waals surface area contributed by atoms with Crippen LogP contribution in [0.15, 0.2) is 0 Å². The molecule has 0 unspecified atom stereocenters. The Morgan fingerprint density at radius 3 is 1.12 bits per heavy atom. The molecule has 0 bridgehead atoms. The van der Waals surface area contributed by atoms with Crippen LogP contribution in [0.2, 0.25) is 0 Å². The van der Waals surface area contributed by atoms with Gasteiger partial charge in [-0.25, -0.2) is 0 Å². The maximum Gasteiger partial charge on any atom is 0.303 e. The number of carbonyl (C=O) groups is 2. The van der Waals surface area contributed by atoms with Gasteiger partial charge in [0.1, 0.15) is 0 Å². The number of hydrogen-bond acceptors (Lipinski definition) is 2. The molecule has 0 aromatic carbocycles. The molecule has 0 fully saturated rings. The largest absolute Gasteiger partial charge is 0.481 e. The highest BCUT2D eigenvalue weighted by Gasteiger charge is 1.98. The number of aliphatic carboxylic acids is 1. The smallest absolute Gasteiger partial charge is 0.303 e. The summed E-state index contributed by atoms with van der Waals surface area (Å²) in [6.45, 7) is 0. The lowest BCUT2D eigenvalue weighted by atomic mass is 10.0. The maximum absolute atomic E-state index is 11.1. The molecule has 0 aliphatic rings. The van der Waals surface area contributed by atoms with E-state index in [0.717, 1.165) is 19.3 Å². The van der Waals surface area contributed by atoms with Gasteiger partial charge < -0.3 is 10.4 Å². The summed E-state index contributed by atoms with van der Waals surface area (Å²) in [5.41, 5.74) is 0. The summed E-state index contributed by atoms with van der Waals surface area (Å²) < 4.78 is 0. The Kier molecular flexibility index (Phi) is 18.5. The summed E-state index contributed by atoms with van der Waals surface area (Å²) in [5, 5.41) is 11.2. The summed E-state index contributed by atoms with van der Waals surface area (Å²) in [6.07, 6.45) is 21.0. The Balaban J connectivity index is 3.03. The van der Waals surface area contributed by atoms with Gasteiger partial charge in [-0.1, -0.05) is 89.9 Å². The van der Waals surface area contributed by atoms with Gasteiger partial charge in [0.2, 0.25) is 5.91 Å². The van der Waals surface area contributed by atoms with Crippen molar-refractivity contribution in [3.8, 4) is 0 Å². The van der Waals surface area contributed by atoms with E-state index < -0.39 is 5.97 Å². The second-order valence-electron chi connectivity index (χ2n) is 7.22. The molecule has 0 rings (SSSR count). The van der Waals surface area contributed by atoms with E-state index in [4.69, 9.17) is 5.11 Å². The summed E-state index contributed by atoms with van der Waals surface area (Å²) in [7, 11) is 1.70. The number of rotatable bonds is 19. The molecule has 4 nitrogen and oxygen atoms in total. The first-order chi connectivity index (χ1) is 12.2. The molecule has 0 radical (unpaired) electrons. The molecule has 0 atom stereocenters. The Morgan fingerprint density at radius 1 is 0.560 bits per heavy atom.